The molecule has 0 saturated carbocycles. The summed E-state index contributed by atoms with van der Waals surface area (Å²) < 4.78 is 6.83. The van der Waals surface area contributed by atoms with Crippen LogP contribution >= 0.6 is 11.6 Å². The number of hydrogen-bond acceptors (Lipinski definition) is 4. The normalized spacial score (nSPS) is 10.7. The van der Waals surface area contributed by atoms with Gasteiger partial charge in [0.25, 0.3) is 0 Å². The zero-order chi connectivity index (χ0) is 13.1. The Morgan fingerprint density at radius 1 is 1.44 bits per heavy atom. The summed E-state index contributed by atoms with van der Waals surface area (Å²) in [6.45, 7) is 0.544. The second-order valence-electron chi connectivity index (χ2n) is 3.86. The van der Waals surface area contributed by atoms with Crippen molar-refractivity contribution in [3.8, 4) is 17.1 Å². The third kappa shape index (κ3) is 2.47. The summed E-state index contributed by atoms with van der Waals surface area (Å²) in [4.78, 5) is 4.43. The Morgan fingerprint density at radius 2 is 2.22 bits per heavy atom. The molecule has 0 amide bonds. The van der Waals surface area contributed by atoms with Crippen LogP contribution < -0.4 is 10.5 Å². The van der Waals surface area contributed by atoms with E-state index in [1.165, 1.54) is 0 Å². The Bertz CT molecular complexity index is 553. The van der Waals surface area contributed by atoms with Gasteiger partial charge in [-0.15, -0.1) is 0 Å². The Hall–Kier alpha value is -1.59. The zero-order valence-electron chi connectivity index (χ0n) is 10.4. The second kappa shape index (κ2) is 5.37. The molecule has 2 aromatic rings. The fourth-order valence-corrected chi connectivity index (χ4v) is 1.94. The molecule has 0 bridgehead atoms. The Kier molecular flexibility index (Phi) is 3.84. The maximum Gasteiger partial charge on any atom is 0.182 e. The van der Waals surface area contributed by atoms with Gasteiger partial charge in [-0.3, -0.25) is 4.68 Å². The first kappa shape index (κ1) is 12.9. The topological polar surface area (TPSA) is 66.0 Å². The lowest BCUT2D eigenvalue weighted by atomic mass is 10.2. The molecule has 6 heteroatoms. The molecule has 18 heavy (non-hydrogen) atoms. The highest BCUT2D eigenvalue weighted by atomic mass is 35.5. The summed E-state index contributed by atoms with van der Waals surface area (Å²) in [6.07, 6.45) is 0.692. The lowest BCUT2D eigenvalue weighted by Gasteiger charge is -2.03. The molecule has 1 aromatic heterocycles. The summed E-state index contributed by atoms with van der Waals surface area (Å²) >= 11 is 6.19. The van der Waals surface area contributed by atoms with Crippen LogP contribution in [0.15, 0.2) is 18.2 Å². The van der Waals surface area contributed by atoms with Gasteiger partial charge in [0, 0.05) is 19.0 Å². The number of aryl methyl sites for hydroxylation is 1. The maximum atomic E-state index is 6.19. The summed E-state index contributed by atoms with van der Waals surface area (Å²) in [5.41, 5.74) is 6.31. The Labute approximate surface area is 111 Å². The number of hydrogen-bond donors (Lipinski definition) is 1. The van der Waals surface area contributed by atoms with Crippen molar-refractivity contribution in [2.24, 2.45) is 12.8 Å². The highest BCUT2D eigenvalue weighted by Gasteiger charge is 2.12. The molecule has 0 radical (unpaired) electrons. The predicted octanol–water partition coefficient (Wildman–Crippen LogP) is 1.65. The van der Waals surface area contributed by atoms with Crippen molar-refractivity contribution < 1.29 is 4.74 Å². The van der Waals surface area contributed by atoms with Crippen LogP contribution in [0.4, 0.5) is 0 Å². The van der Waals surface area contributed by atoms with Gasteiger partial charge in [-0.1, -0.05) is 11.6 Å². The van der Waals surface area contributed by atoms with Crippen molar-refractivity contribution in [3.63, 3.8) is 0 Å². The molecular weight excluding hydrogens is 252 g/mol. The average Bonchev–Trinajstić information content (AvgIpc) is 2.71. The van der Waals surface area contributed by atoms with Crippen LogP contribution in [0.25, 0.3) is 11.4 Å². The third-order valence-corrected chi connectivity index (χ3v) is 2.95. The number of rotatable bonds is 4. The van der Waals surface area contributed by atoms with E-state index >= 15 is 0 Å². The minimum Gasteiger partial charge on any atom is -0.497 e. The molecular formula is C12H15ClN4O. The third-order valence-electron chi connectivity index (χ3n) is 2.64. The van der Waals surface area contributed by atoms with Gasteiger partial charge in [0.1, 0.15) is 11.6 Å². The zero-order valence-corrected chi connectivity index (χ0v) is 11.1. The molecule has 0 fully saturated rings. The van der Waals surface area contributed by atoms with Gasteiger partial charge in [-0.2, -0.15) is 5.10 Å². The first-order chi connectivity index (χ1) is 8.65. The van der Waals surface area contributed by atoms with Gasteiger partial charge in [-0.25, -0.2) is 4.98 Å². The number of nitrogens with zero attached hydrogens (tertiary/aromatic N) is 3. The van der Waals surface area contributed by atoms with E-state index < -0.39 is 0 Å². The van der Waals surface area contributed by atoms with Crippen molar-refractivity contribution in [2.45, 2.75) is 6.42 Å². The summed E-state index contributed by atoms with van der Waals surface area (Å²) in [7, 11) is 3.45. The van der Waals surface area contributed by atoms with Crippen LogP contribution in [-0.2, 0) is 13.5 Å². The van der Waals surface area contributed by atoms with Crippen molar-refractivity contribution in [1.82, 2.24) is 14.8 Å². The lowest BCUT2D eigenvalue weighted by molar-refractivity contribution is 0.415. The average molecular weight is 267 g/mol. The van der Waals surface area contributed by atoms with Gasteiger partial charge in [-0.05, 0) is 24.7 Å². The fraction of sp³-hybridized carbons (Fsp3) is 0.333. The van der Waals surface area contributed by atoms with E-state index in [0.29, 0.717) is 29.6 Å². The predicted molar refractivity (Wildman–Crippen MR) is 70.8 cm³/mol. The van der Waals surface area contributed by atoms with Crippen LogP contribution in [0.2, 0.25) is 5.02 Å². The Balaban J connectivity index is 2.39. The minimum absolute atomic E-state index is 0.544. The highest BCUT2D eigenvalue weighted by Crippen LogP contribution is 2.29. The molecule has 0 unspecified atom stereocenters. The summed E-state index contributed by atoms with van der Waals surface area (Å²) in [6, 6.07) is 5.43. The van der Waals surface area contributed by atoms with Crippen molar-refractivity contribution >= 4 is 11.6 Å². The number of halogens is 1. The molecule has 2 N–H and O–H groups in total. The van der Waals surface area contributed by atoms with E-state index in [9.17, 15) is 0 Å². The largest absolute Gasteiger partial charge is 0.497 e. The monoisotopic (exact) mass is 266 g/mol. The van der Waals surface area contributed by atoms with Crippen LogP contribution in [0.3, 0.4) is 0 Å². The van der Waals surface area contributed by atoms with E-state index in [-0.39, 0.29) is 0 Å². The summed E-state index contributed by atoms with van der Waals surface area (Å²) in [5.74, 6) is 2.16. The van der Waals surface area contributed by atoms with Gasteiger partial charge >= 0.3 is 0 Å². The molecule has 0 aliphatic rings. The first-order valence-electron chi connectivity index (χ1n) is 5.59. The van der Waals surface area contributed by atoms with Crippen molar-refractivity contribution in [1.29, 1.82) is 0 Å². The summed E-state index contributed by atoms with van der Waals surface area (Å²) in [5, 5.41) is 4.91. The fourth-order valence-electron chi connectivity index (χ4n) is 1.68. The number of nitrogens with two attached hydrogens (primary N) is 1. The molecule has 2 rings (SSSR count). The Morgan fingerprint density at radius 3 is 2.83 bits per heavy atom. The smallest absolute Gasteiger partial charge is 0.182 e. The minimum atomic E-state index is 0.544. The molecule has 0 aliphatic carbocycles. The van der Waals surface area contributed by atoms with Crippen molar-refractivity contribution in [3.05, 3.63) is 29.0 Å². The van der Waals surface area contributed by atoms with E-state index in [1.54, 1.807) is 17.9 Å². The van der Waals surface area contributed by atoms with Crippen LogP contribution in [0, 0.1) is 0 Å². The number of aromatic nitrogens is 3. The lowest BCUT2D eigenvalue weighted by Crippen LogP contribution is -2.08. The van der Waals surface area contributed by atoms with Gasteiger partial charge in [0.2, 0.25) is 0 Å². The van der Waals surface area contributed by atoms with Gasteiger partial charge in [0.05, 0.1) is 12.1 Å². The van der Waals surface area contributed by atoms with Crippen molar-refractivity contribution in [2.75, 3.05) is 13.7 Å². The van der Waals surface area contributed by atoms with Gasteiger partial charge < -0.3 is 10.5 Å². The number of ether oxygens (including phenoxy) is 1. The van der Waals surface area contributed by atoms with E-state index in [2.05, 4.69) is 10.1 Å². The standard InChI is InChI=1S/C12H15ClN4O/c1-17-11(5-6-14)15-12(16-17)9-4-3-8(18-2)7-10(9)13/h3-4,7H,5-6,14H2,1-2H3. The number of benzene rings is 1. The molecule has 0 aliphatic heterocycles. The quantitative estimate of drug-likeness (QED) is 0.914. The van der Waals surface area contributed by atoms with Crippen LogP contribution in [-0.4, -0.2) is 28.4 Å². The maximum absolute atomic E-state index is 6.19. The SMILES string of the molecule is COc1ccc(-c2nc(CCN)n(C)n2)c(Cl)c1. The molecule has 96 valence electrons. The molecule has 1 aromatic carbocycles. The molecule has 5 nitrogen and oxygen atoms in total. The second-order valence-corrected chi connectivity index (χ2v) is 4.27. The van der Waals surface area contributed by atoms with Gasteiger partial charge in [0.15, 0.2) is 5.82 Å². The molecule has 0 spiro atoms. The number of methoxy groups -OCH3 is 1. The highest BCUT2D eigenvalue weighted by molar-refractivity contribution is 6.33. The van der Waals surface area contributed by atoms with E-state index in [0.717, 1.165) is 11.4 Å². The van der Waals surface area contributed by atoms with Crippen LogP contribution in [0.5, 0.6) is 5.75 Å². The molecule has 0 atom stereocenters. The molecule has 1 heterocycles. The molecule has 0 saturated heterocycles. The van der Waals surface area contributed by atoms with Crippen LogP contribution in [0.1, 0.15) is 5.82 Å². The first-order valence-corrected chi connectivity index (χ1v) is 5.97. The van der Waals surface area contributed by atoms with E-state index in [4.69, 9.17) is 22.1 Å². The van der Waals surface area contributed by atoms with E-state index in [1.807, 2.05) is 19.2 Å².